The first kappa shape index (κ1) is 14.1. The third-order valence-electron chi connectivity index (χ3n) is 2.96. The van der Waals surface area contributed by atoms with Crippen molar-refractivity contribution in [1.29, 1.82) is 0 Å². The molecule has 0 radical (unpaired) electrons. The molecule has 1 aromatic heterocycles. The van der Waals surface area contributed by atoms with Crippen LogP contribution in [0.5, 0.6) is 5.75 Å². The van der Waals surface area contributed by atoms with Crippen LogP contribution >= 0.6 is 0 Å². The van der Waals surface area contributed by atoms with Crippen LogP contribution in [0.4, 0.5) is 0 Å². The van der Waals surface area contributed by atoms with Gasteiger partial charge in [-0.15, -0.1) is 0 Å². The van der Waals surface area contributed by atoms with Crippen LogP contribution in [-0.4, -0.2) is 17.5 Å². The summed E-state index contributed by atoms with van der Waals surface area (Å²) in [6, 6.07) is 10.9. The predicted octanol–water partition coefficient (Wildman–Crippen LogP) is 2.97. The summed E-state index contributed by atoms with van der Waals surface area (Å²) in [6.45, 7) is 4.44. The van der Waals surface area contributed by atoms with E-state index >= 15 is 0 Å². The molecule has 0 spiro atoms. The maximum atomic E-state index is 12.2. The van der Waals surface area contributed by atoms with E-state index in [0.717, 1.165) is 5.56 Å². The maximum Gasteiger partial charge on any atom is 0.251 e. The normalized spacial score (nSPS) is 11.7. The number of amides is 1. The largest absolute Gasteiger partial charge is 0.494 e. The third kappa shape index (κ3) is 3.57. The molecular weight excluding hydrogens is 252 g/mol. The summed E-state index contributed by atoms with van der Waals surface area (Å²) in [7, 11) is 0. The highest BCUT2D eigenvalue weighted by molar-refractivity contribution is 5.94. The summed E-state index contributed by atoms with van der Waals surface area (Å²) < 4.78 is 5.40. The Morgan fingerprint density at radius 2 is 2.05 bits per heavy atom. The zero-order chi connectivity index (χ0) is 14.4. The maximum absolute atomic E-state index is 12.2. The number of nitrogens with one attached hydrogen (secondary N) is 1. The highest BCUT2D eigenvalue weighted by Gasteiger charge is 2.11. The second kappa shape index (κ2) is 6.70. The number of carbonyl (C=O) groups is 1. The molecule has 0 aliphatic carbocycles. The fourth-order valence-corrected chi connectivity index (χ4v) is 1.91. The molecule has 0 fully saturated rings. The number of hydrogen-bond acceptors (Lipinski definition) is 3. The lowest BCUT2D eigenvalue weighted by atomic mass is 10.1. The first-order valence-electron chi connectivity index (χ1n) is 6.64. The number of carbonyl (C=O) groups excluding carboxylic acids is 1. The van der Waals surface area contributed by atoms with Gasteiger partial charge < -0.3 is 10.1 Å². The standard InChI is InChI=1S/C16H18N2O2/c1-3-20-15-6-4-5-14(11-15)16(19)18-12(2)13-7-9-17-10-8-13/h4-12H,3H2,1-2H3,(H,18,19). The quantitative estimate of drug-likeness (QED) is 0.908. The summed E-state index contributed by atoms with van der Waals surface area (Å²) in [6.07, 6.45) is 3.43. The van der Waals surface area contributed by atoms with Gasteiger partial charge in [0, 0.05) is 18.0 Å². The zero-order valence-electron chi connectivity index (χ0n) is 11.7. The van der Waals surface area contributed by atoms with Gasteiger partial charge in [-0.3, -0.25) is 9.78 Å². The second-order valence-electron chi connectivity index (χ2n) is 4.44. The van der Waals surface area contributed by atoms with Gasteiger partial charge in [-0.25, -0.2) is 0 Å². The third-order valence-corrected chi connectivity index (χ3v) is 2.96. The van der Waals surface area contributed by atoms with Gasteiger partial charge in [-0.1, -0.05) is 6.07 Å². The molecule has 1 aromatic carbocycles. The van der Waals surface area contributed by atoms with E-state index in [1.54, 1.807) is 24.5 Å². The fourth-order valence-electron chi connectivity index (χ4n) is 1.91. The lowest BCUT2D eigenvalue weighted by Gasteiger charge is -2.14. The van der Waals surface area contributed by atoms with E-state index in [-0.39, 0.29) is 11.9 Å². The van der Waals surface area contributed by atoms with Crippen molar-refractivity contribution >= 4 is 5.91 Å². The van der Waals surface area contributed by atoms with Gasteiger partial charge in [0.05, 0.1) is 12.6 Å². The number of hydrogen-bond donors (Lipinski definition) is 1. The van der Waals surface area contributed by atoms with E-state index in [9.17, 15) is 4.79 Å². The number of nitrogens with zero attached hydrogens (tertiary/aromatic N) is 1. The van der Waals surface area contributed by atoms with Crippen LogP contribution in [0.2, 0.25) is 0 Å². The summed E-state index contributed by atoms with van der Waals surface area (Å²) in [4.78, 5) is 16.2. The summed E-state index contributed by atoms with van der Waals surface area (Å²) >= 11 is 0. The van der Waals surface area contributed by atoms with E-state index in [0.29, 0.717) is 17.9 Å². The van der Waals surface area contributed by atoms with Crippen LogP contribution in [0.3, 0.4) is 0 Å². The number of aromatic nitrogens is 1. The van der Waals surface area contributed by atoms with Crippen LogP contribution in [0, 0.1) is 0 Å². The molecule has 2 aromatic rings. The Kier molecular flexibility index (Phi) is 4.71. The summed E-state index contributed by atoms with van der Waals surface area (Å²) in [5.74, 6) is 0.590. The first-order chi connectivity index (χ1) is 9.70. The number of ether oxygens (including phenoxy) is 1. The van der Waals surface area contributed by atoms with Crippen molar-refractivity contribution in [3.05, 3.63) is 59.9 Å². The Morgan fingerprint density at radius 3 is 2.75 bits per heavy atom. The van der Waals surface area contributed by atoms with Gasteiger partial charge in [-0.2, -0.15) is 0 Å². The predicted molar refractivity (Wildman–Crippen MR) is 77.7 cm³/mol. The minimum Gasteiger partial charge on any atom is -0.494 e. The van der Waals surface area contributed by atoms with Gasteiger partial charge in [0.25, 0.3) is 5.91 Å². The molecular formula is C16H18N2O2. The molecule has 1 atom stereocenters. The highest BCUT2D eigenvalue weighted by Crippen LogP contribution is 2.15. The SMILES string of the molecule is CCOc1cccc(C(=O)NC(C)c2ccncc2)c1. The van der Waals surface area contributed by atoms with Crippen molar-refractivity contribution in [2.24, 2.45) is 0 Å². The fraction of sp³-hybridized carbons (Fsp3) is 0.250. The molecule has 1 amide bonds. The molecule has 4 nitrogen and oxygen atoms in total. The lowest BCUT2D eigenvalue weighted by Crippen LogP contribution is -2.26. The molecule has 4 heteroatoms. The summed E-state index contributed by atoms with van der Waals surface area (Å²) in [5, 5.41) is 2.96. The average Bonchev–Trinajstić information content (AvgIpc) is 2.48. The van der Waals surface area contributed by atoms with Gasteiger partial charge in [-0.05, 0) is 49.7 Å². The van der Waals surface area contributed by atoms with E-state index in [4.69, 9.17) is 4.74 Å². The Balaban J connectivity index is 2.06. The zero-order valence-corrected chi connectivity index (χ0v) is 11.7. The van der Waals surface area contributed by atoms with Gasteiger partial charge in [0.1, 0.15) is 5.75 Å². The number of rotatable bonds is 5. The molecule has 0 saturated carbocycles. The Bertz CT molecular complexity index is 570. The molecule has 0 aliphatic rings. The van der Waals surface area contributed by atoms with Crippen molar-refractivity contribution < 1.29 is 9.53 Å². The van der Waals surface area contributed by atoms with Crippen molar-refractivity contribution in [3.63, 3.8) is 0 Å². The van der Waals surface area contributed by atoms with Crippen molar-refractivity contribution in [1.82, 2.24) is 10.3 Å². The van der Waals surface area contributed by atoms with Crippen molar-refractivity contribution in [2.75, 3.05) is 6.61 Å². The molecule has 1 unspecified atom stereocenters. The second-order valence-corrected chi connectivity index (χ2v) is 4.44. The van der Waals surface area contributed by atoms with Gasteiger partial charge in [0.15, 0.2) is 0 Å². The minimum atomic E-state index is -0.115. The molecule has 104 valence electrons. The smallest absolute Gasteiger partial charge is 0.251 e. The highest BCUT2D eigenvalue weighted by atomic mass is 16.5. The summed E-state index contributed by atoms with van der Waals surface area (Å²) in [5.41, 5.74) is 1.62. The Hall–Kier alpha value is -2.36. The molecule has 1 N–H and O–H groups in total. The molecule has 1 heterocycles. The van der Waals surface area contributed by atoms with Crippen molar-refractivity contribution in [3.8, 4) is 5.75 Å². The number of benzene rings is 1. The van der Waals surface area contributed by atoms with Gasteiger partial charge >= 0.3 is 0 Å². The number of pyridine rings is 1. The van der Waals surface area contributed by atoms with Crippen molar-refractivity contribution in [2.45, 2.75) is 19.9 Å². The van der Waals surface area contributed by atoms with Crippen LogP contribution in [0.1, 0.15) is 35.8 Å². The van der Waals surface area contributed by atoms with Gasteiger partial charge in [0.2, 0.25) is 0 Å². The average molecular weight is 270 g/mol. The molecule has 0 aliphatic heterocycles. The van der Waals surface area contributed by atoms with Crippen LogP contribution in [0.25, 0.3) is 0 Å². The topological polar surface area (TPSA) is 51.2 Å². The molecule has 20 heavy (non-hydrogen) atoms. The molecule has 2 rings (SSSR count). The van der Waals surface area contributed by atoms with E-state index in [1.165, 1.54) is 0 Å². The van der Waals surface area contributed by atoms with E-state index in [1.807, 2.05) is 38.1 Å². The van der Waals surface area contributed by atoms with Crippen LogP contribution in [0.15, 0.2) is 48.8 Å². The Labute approximate surface area is 118 Å². The molecule has 0 bridgehead atoms. The van der Waals surface area contributed by atoms with E-state index < -0.39 is 0 Å². The monoisotopic (exact) mass is 270 g/mol. The van der Waals surface area contributed by atoms with Crippen LogP contribution in [-0.2, 0) is 0 Å². The van der Waals surface area contributed by atoms with E-state index in [2.05, 4.69) is 10.3 Å². The lowest BCUT2D eigenvalue weighted by molar-refractivity contribution is 0.0939. The minimum absolute atomic E-state index is 0.0683. The first-order valence-corrected chi connectivity index (χ1v) is 6.64. The van der Waals surface area contributed by atoms with Crippen LogP contribution < -0.4 is 10.1 Å². The Morgan fingerprint density at radius 1 is 1.30 bits per heavy atom. The molecule has 0 saturated heterocycles.